The number of hydrogen-bond donors (Lipinski definition) is 1. The Labute approximate surface area is 142 Å². The number of thiophene rings is 1. The fourth-order valence-electron chi connectivity index (χ4n) is 2.55. The van der Waals surface area contributed by atoms with Crippen LogP contribution in [0.25, 0.3) is 0 Å². The van der Waals surface area contributed by atoms with Crippen LogP contribution < -0.4 is 5.32 Å². The van der Waals surface area contributed by atoms with E-state index in [2.05, 4.69) is 15.5 Å². The predicted octanol–water partition coefficient (Wildman–Crippen LogP) is 3.23. The highest BCUT2D eigenvalue weighted by Crippen LogP contribution is 2.32. The van der Waals surface area contributed by atoms with Crippen LogP contribution in [0.15, 0.2) is 27.2 Å². The molecule has 1 aliphatic rings. The quantitative estimate of drug-likeness (QED) is 0.833. The van der Waals surface area contributed by atoms with Gasteiger partial charge in [-0.15, -0.1) is 21.5 Å². The molecule has 2 heterocycles. The van der Waals surface area contributed by atoms with Crippen LogP contribution in [0.1, 0.15) is 53.6 Å². The van der Waals surface area contributed by atoms with Crippen LogP contribution >= 0.6 is 23.1 Å². The average Bonchev–Trinajstić information content (AvgIpc) is 3.25. The van der Waals surface area contributed by atoms with Crippen molar-refractivity contribution >= 4 is 34.9 Å². The number of rotatable bonds is 5. The van der Waals surface area contributed by atoms with E-state index in [0.717, 1.165) is 24.6 Å². The Morgan fingerprint density at radius 2 is 2.13 bits per heavy atom. The number of nitrogens with zero attached hydrogens (tertiary/aromatic N) is 2. The van der Waals surface area contributed by atoms with E-state index >= 15 is 0 Å². The number of hydrogen-bond acceptors (Lipinski definition) is 7. The lowest BCUT2D eigenvalue weighted by molar-refractivity contribution is -0.117. The molecule has 0 aromatic carbocycles. The largest absolute Gasteiger partial charge is 0.416 e. The minimum atomic E-state index is -0.376. The minimum absolute atomic E-state index is 0.0728. The third-order valence-electron chi connectivity index (χ3n) is 3.70. The van der Waals surface area contributed by atoms with Crippen molar-refractivity contribution in [3.8, 4) is 0 Å². The summed E-state index contributed by atoms with van der Waals surface area (Å²) in [5.41, 5.74) is 0. The smallest absolute Gasteiger partial charge is 0.277 e. The Kier molecular flexibility index (Phi) is 5.45. The number of carbonyl (C=O) groups is 2. The van der Waals surface area contributed by atoms with Gasteiger partial charge >= 0.3 is 0 Å². The van der Waals surface area contributed by atoms with E-state index in [-0.39, 0.29) is 17.6 Å². The number of aromatic nitrogens is 2. The molecule has 6 nitrogen and oxygen atoms in total. The molecule has 0 unspecified atom stereocenters. The summed E-state index contributed by atoms with van der Waals surface area (Å²) in [6.07, 6.45) is 5.83. The van der Waals surface area contributed by atoms with Crippen LogP contribution in [-0.4, -0.2) is 27.8 Å². The van der Waals surface area contributed by atoms with Gasteiger partial charge < -0.3 is 4.42 Å². The molecule has 2 aromatic heterocycles. The van der Waals surface area contributed by atoms with Crippen molar-refractivity contribution in [1.82, 2.24) is 15.5 Å². The lowest BCUT2D eigenvalue weighted by Crippen LogP contribution is -2.31. The molecule has 0 bridgehead atoms. The zero-order valence-corrected chi connectivity index (χ0v) is 14.1. The van der Waals surface area contributed by atoms with Gasteiger partial charge in [0.1, 0.15) is 0 Å². The molecule has 0 atom stereocenters. The molecular weight excluding hydrogens is 334 g/mol. The number of nitrogens with one attached hydrogen (secondary N) is 1. The van der Waals surface area contributed by atoms with E-state index in [0.29, 0.717) is 21.9 Å². The van der Waals surface area contributed by atoms with Crippen molar-refractivity contribution in [3.63, 3.8) is 0 Å². The molecule has 0 aliphatic heterocycles. The second kappa shape index (κ2) is 7.74. The molecular formula is C15H17N3O3S2. The summed E-state index contributed by atoms with van der Waals surface area (Å²) in [6, 6.07) is 3.44. The highest BCUT2D eigenvalue weighted by atomic mass is 32.2. The summed E-state index contributed by atoms with van der Waals surface area (Å²) < 4.78 is 5.63. The first-order valence-corrected chi connectivity index (χ1v) is 9.43. The summed E-state index contributed by atoms with van der Waals surface area (Å²) in [6.45, 7) is 0. The van der Waals surface area contributed by atoms with E-state index in [1.165, 1.54) is 30.6 Å². The zero-order chi connectivity index (χ0) is 16.1. The van der Waals surface area contributed by atoms with Crippen molar-refractivity contribution in [2.24, 2.45) is 0 Å². The van der Waals surface area contributed by atoms with Gasteiger partial charge in [0, 0.05) is 5.92 Å². The summed E-state index contributed by atoms with van der Waals surface area (Å²) >= 11 is 2.45. The van der Waals surface area contributed by atoms with Crippen LogP contribution in [0.5, 0.6) is 0 Å². The van der Waals surface area contributed by atoms with Gasteiger partial charge in [0.15, 0.2) is 0 Å². The molecule has 23 heavy (non-hydrogen) atoms. The number of amides is 2. The van der Waals surface area contributed by atoms with E-state index in [1.54, 1.807) is 17.5 Å². The molecule has 1 aliphatic carbocycles. The van der Waals surface area contributed by atoms with Crippen molar-refractivity contribution in [2.75, 3.05) is 5.75 Å². The van der Waals surface area contributed by atoms with Gasteiger partial charge in [-0.25, -0.2) is 0 Å². The molecule has 8 heteroatoms. The zero-order valence-electron chi connectivity index (χ0n) is 12.5. The summed E-state index contributed by atoms with van der Waals surface area (Å²) in [7, 11) is 0. The third-order valence-corrected chi connectivity index (χ3v) is 5.39. The van der Waals surface area contributed by atoms with E-state index < -0.39 is 0 Å². The Morgan fingerprint density at radius 1 is 1.30 bits per heavy atom. The molecule has 122 valence electrons. The molecule has 1 saturated carbocycles. The highest BCUT2D eigenvalue weighted by Gasteiger charge is 2.21. The molecule has 0 saturated heterocycles. The van der Waals surface area contributed by atoms with Crippen molar-refractivity contribution in [2.45, 2.75) is 43.2 Å². The topological polar surface area (TPSA) is 85.1 Å². The van der Waals surface area contributed by atoms with E-state index in [9.17, 15) is 9.59 Å². The van der Waals surface area contributed by atoms with Gasteiger partial charge in [0.25, 0.3) is 11.1 Å². The average molecular weight is 351 g/mol. The molecule has 3 rings (SSSR count). The molecule has 2 amide bonds. The first kappa shape index (κ1) is 16.2. The second-order valence-corrected chi connectivity index (χ2v) is 7.26. The van der Waals surface area contributed by atoms with Crippen LogP contribution in [0, 0.1) is 0 Å². The van der Waals surface area contributed by atoms with Crippen LogP contribution in [0.3, 0.4) is 0 Å². The van der Waals surface area contributed by atoms with Gasteiger partial charge in [0.2, 0.25) is 11.8 Å². The van der Waals surface area contributed by atoms with E-state index in [1.807, 2.05) is 0 Å². The van der Waals surface area contributed by atoms with Gasteiger partial charge in [-0.1, -0.05) is 37.1 Å². The van der Waals surface area contributed by atoms with Crippen molar-refractivity contribution in [1.29, 1.82) is 0 Å². The highest BCUT2D eigenvalue weighted by molar-refractivity contribution is 7.99. The first-order chi connectivity index (χ1) is 11.2. The third kappa shape index (κ3) is 4.42. The number of imide groups is 1. The standard InChI is InChI=1S/C15H17N3O3S2/c19-12(16-13(20)11-7-4-8-22-11)9-23-15-18-17-14(21-15)10-5-2-1-3-6-10/h4,7-8,10H,1-3,5-6,9H2,(H,16,19,20). The maximum absolute atomic E-state index is 11.8. The van der Waals surface area contributed by atoms with E-state index in [4.69, 9.17) is 4.42 Å². The Balaban J connectivity index is 1.47. The maximum atomic E-state index is 11.8. The van der Waals surface area contributed by atoms with Crippen LogP contribution in [0.4, 0.5) is 0 Å². The number of carbonyl (C=O) groups excluding carboxylic acids is 2. The number of thioether (sulfide) groups is 1. The maximum Gasteiger partial charge on any atom is 0.277 e. The summed E-state index contributed by atoms with van der Waals surface area (Å²) in [5.74, 6) is 0.343. The normalized spacial score (nSPS) is 15.5. The van der Waals surface area contributed by atoms with Crippen molar-refractivity contribution in [3.05, 3.63) is 28.3 Å². The monoisotopic (exact) mass is 351 g/mol. The van der Waals surface area contributed by atoms with Gasteiger partial charge in [-0.2, -0.15) is 0 Å². The molecule has 2 aromatic rings. The Hall–Kier alpha value is -1.67. The SMILES string of the molecule is O=C(CSc1nnc(C2CCCCC2)o1)NC(=O)c1cccs1. The van der Waals surface area contributed by atoms with Gasteiger partial charge in [-0.05, 0) is 24.3 Å². The second-order valence-electron chi connectivity index (χ2n) is 5.38. The molecule has 0 radical (unpaired) electrons. The van der Waals surface area contributed by atoms with Crippen LogP contribution in [0.2, 0.25) is 0 Å². The lowest BCUT2D eigenvalue weighted by Gasteiger charge is -2.17. The summed E-state index contributed by atoms with van der Waals surface area (Å²) in [4.78, 5) is 24.1. The summed E-state index contributed by atoms with van der Waals surface area (Å²) in [5, 5.41) is 12.6. The predicted molar refractivity (Wildman–Crippen MR) is 87.6 cm³/mol. The molecule has 1 N–H and O–H groups in total. The molecule has 0 spiro atoms. The van der Waals surface area contributed by atoms with Gasteiger partial charge in [-0.3, -0.25) is 14.9 Å². The fraction of sp³-hybridized carbons (Fsp3) is 0.467. The fourth-order valence-corrected chi connectivity index (χ4v) is 3.74. The Bertz CT molecular complexity index is 663. The Morgan fingerprint density at radius 3 is 2.87 bits per heavy atom. The van der Waals surface area contributed by atoms with Gasteiger partial charge in [0.05, 0.1) is 10.6 Å². The van der Waals surface area contributed by atoms with Crippen LogP contribution in [-0.2, 0) is 4.79 Å². The van der Waals surface area contributed by atoms with Crippen molar-refractivity contribution < 1.29 is 14.0 Å². The molecule has 1 fully saturated rings. The first-order valence-electron chi connectivity index (χ1n) is 7.56. The minimum Gasteiger partial charge on any atom is -0.416 e. The lowest BCUT2D eigenvalue weighted by atomic mass is 9.89.